The van der Waals surface area contributed by atoms with E-state index in [-0.39, 0.29) is 10.6 Å². The first-order valence-electron chi connectivity index (χ1n) is 10.6. The largest absolute Gasteiger partial charge is 0.493 e. The number of amides is 1. The van der Waals surface area contributed by atoms with E-state index < -0.39 is 22.5 Å². The lowest BCUT2D eigenvalue weighted by atomic mass is 10.2. The smallest absolute Gasteiger partial charge is 0.264 e. The van der Waals surface area contributed by atoms with Crippen molar-refractivity contribution in [2.45, 2.75) is 43.4 Å². The van der Waals surface area contributed by atoms with Crippen molar-refractivity contribution in [1.82, 2.24) is 5.43 Å². The highest BCUT2D eigenvalue weighted by Gasteiger charge is 2.28. The number of anilines is 1. The van der Waals surface area contributed by atoms with Crippen LogP contribution in [0.3, 0.4) is 0 Å². The maximum absolute atomic E-state index is 13.4. The number of carbonyl (C=O) groups is 1. The maximum atomic E-state index is 13.4. The minimum Gasteiger partial charge on any atom is -0.493 e. The van der Waals surface area contributed by atoms with Crippen LogP contribution >= 0.6 is 0 Å². The van der Waals surface area contributed by atoms with Crippen molar-refractivity contribution in [2.75, 3.05) is 25.1 Å². The molecule has 0 spiro atoms. The van der Waals surface area contributed by atoms with Crippen LogP contribution in [-0.4, -0.2) is 40.8 Å². The molecule has 32 heavy (non-hydrogen) atoms. The molecule has 0 aliphatic heterocycles. The molecule has 0 radical (unpaired) electrons. The second kappa shape index (κ2) is 11.0. The second-order valence-electron chi connectivity index (χ2n) is 7.49. The number of hydrogen-bond donors (Lipinski definition) is 1. The Kier molecular flexibility index (Phi) is 8.10. The SMILES string of the molecule is COc1ccc(N(CC(=O)NN=C2CCCCCC2)S(=O)(=O)c2ccccc2)cc1OC. The van der Waals surface area contributed by atoms with E-state index in [1.54, 1.807) is 30.3 Å². The number of hydrazone groups is 1. The van der Waals surface area contributed by atoms with Gasteiger partial charge in [-0.2, -0.15) is 5.10 Å². The molecule has 2 aromatic rings. The van der Waals surface area contributed by atoms with Crippen LogP contribution < -0.4 is 19.2 Å². The summed E-state index contributed by atoms with van der Waals surface area (Å²) in [6, 6.07) is 12.7. The zero-order valence-corrected chi connectivity index (χ0v) is 19.2. The number of methoxy groups -OCH3 is 2. The molecular weight excluding hydrogens is 430 g/mol. The Morgan fingerprint density at radius 2 is 1.62 bits per heavy atom. The van der Waals surface area contributed by atoms with Gasteiger partial charge in [0, 0.05) is 11.8 Å². The Bertz CT molecular complexity index is 1040. The minimum atomic E-state index is -4.02. The third-order valence-electron chi connectivity index (χ3n) is 5.29. The molecule has 1 N–H and O–H groups in total. The maximum Gasteiger partial charge on any atom is 0.264 e. The molecule has 1 aliphatic rings. The quantitative estimate of drug-likeness (QED) is 0.479. The highest BCUT2D eigenvalue weighted by atomic mass is 32.2. The Hall–Kier alpha value is -3.07. The summed E-state index contributed by atoms with van der Waals surface area (Å²) in [5.41, 5.74) is 3.77. The fourth-order valence-electron chi connectivity index (χ4n) is 3.57. The number of benzene rings is 2. The topological polar surface area (TPSA) is 97.3 Å². The first-order chi connectivity index (χ1) is 15.5. The molecule has 172 valence electrons. The number of rotatable bonds is 8. The van der Waals surface area contributed by atoms with Crippen molar-refractivity contribution in [3.63, 3.8) is 0 Å². The molecule has 0 heterocycles. The highest BCUT2D eigenvalue weighted by Crippen LogP contribution is 2.33. The lowest BCUT2D eigenvalue weighted by molar-refractivity contribution is -0.119. The average molecular weight is 460 g/mol. The van der Waals surface area contributed by atoms with Gasteiger partial charge >= 0.3 is 0 Å². The summed E-state index contributed by atoms with van der Waals surface area (Å²) in [5, 5.41) is 4.26. The fraction of sp³-hybridized carbons (Fsp3) is 0.391. The normalized spacial score (nSPS) is 14.2. The van der Waals surface area contributed by atoms with Gasteiger partial charge in [-0.05, 0) is 49.9 Å². The molecule has 8 nitrogen and oxygen atoms in total. The van der Waals surface area contributed by atoms with Crippen LogP contribution in [0.25, 0.3) is 0 Å². The van der Waals surface area contributed by atoms with E-state index in [1.165, 1.54) is 32.4 Å². The van der Waals surface area contributed by atoms with Crippen molar-refractivity contribution in [3.05, 3.63) is 48.5 Å². The van der Waals surface area contributed by atoms with Crippen LogP contribution in [0.15, 0.2) is 58.5 Å². The lowest BCUT2D eigenvalue weighted by Crippen LogP contribution is -2.39. The van der Waals surface area contributed by atoms with Gasteiger partial charge in [0.2, 0.25) is 0 Å². The molecule has 9 heteroatoms. The van der Waals surface area contributed by atoms with Crippen LogP contribution in [0.2, 0.25) is 0 Å². The first kappa shape index (κ1) is 23.6. The summed E-state index contributed by atoms with van der Waals surface area (Å²) in [7, 11) is -1.05. The Morgan fingerprint density at radius 1 is 0.969 bits per heavy atom. The van der Waals surface area contributed by atoms with Crippen molar-refractivity contribution in [1.29, 1.82) is 0 Å². The van der Waals surface area contributed by atoms with E-state index in [4.69, 9.17) is 9.47 Å². The molecule has 1 aliphatic carbocycles. The molecule has 0 unspecified atom stereocenters. The van der Waals surface area contributed by atoms with Crippen LogP contribution in [0.4, 0.5) is 5.69 Å². The summed E-state index contributed by atoms with van der Waals surface area (Å²) < 4.78 is 38.4. The molecule has 1 amide bonds. The summed E-state index contributed by atoms with van der Waals surface area (Å²) in [5.74, 6) is 0.297. The van der Waals surface area contributed by atoms with Gasteiger partial charge < -0.3 is 9.47 Å². The summed E-state index contributed by atoms with van der Waals surface area (Å²) >= 11 is 0. The number of sulfonamides is 1. The fourth-order valence-corrected chi connectivity index (χ4v) is 5.00. The van der Waals surface area contributed by atoms with E-state index >= 15 is 0 Å². The highest BCUT2D eigenvalue weighted by molar-refractivity contribution is 7.92. The van der Waals surface area contributed by atoms with Gasteiger partial charge in [0.05, 0.1) is 24.8 Å². The van der Waals surface area contributed by atoms with Gasteiger partial charge in [0.25, 0.3) is 15.9 Å². The van der Waals surface area contributed by atoms with E-state index in [0.717, 1.165) is 48.5 Å². The zero-order valence-electron chi connectivity index (χ0n) is 18.4. The van der Waals surface area contributed by atoms with Crippen molar-refractivity contribution in [3.8, 4) is 11.5 Å². The monoisotopic (exact) mass is 459 g/mol. The predicted molar refractivity (Wildman–Crippen MR) is 124 cm³/mol. The molecular formula is C23H29N3O5S. The van der Waals surface area contributed by atoms with Gasteiger partial charge in [0.1, 0.15) is 6.54 Å². The average Bonchev–Trinajstić information content (AvgIpc) is 3.10. The van der Waals surface area contributed by atoms with Gasteiger partial charge in [-0.25, -0.2) is 13.8 Å². The third kappa shape index (κ3) is 5.79. The number of nitrogens with zero attached hydrogens (tertiary/aromatic N) is 2. The molecule has 0 bridgehead atoms. The van der Waals surface area contributed by atoms with Crippen molar-refractivity contribution in [2.24, 2.45) is 5.10 Å². The Balaban J connectivity index is 1.90. The molecule has 3 rings (SSSR count). The molecule has 0 atom stereocenters. The van der Waals surface area contributed by atoms with Crippen molar-refractivity contribution >= 4 is 27.3 Å². The second-order valence-corrected chi connectivity index (χ2v) is 9.35. The molecule has 0 aromatic heterocycles. The first-order valence-corrected chi connectivity index (χ1v) is 12.0. The number of nitrogens with one attached hydrogen (secondary N) is 1. The standard InChI is InChI=1S/C23H29N3O5S/c1-30-21-15-14-19(16-22(21)31-2)26(32(28,29)20-12-8-5-9-13-20)17-23(27)25-24-18-10-6-3-4-7-11-18/h5,8-9,12-16H,3-4,6-7,10-11,17H2,1-2H3,(H,25,27). The van der Waals surface area contributed by atoms with Gasteiger partial charge in [0.15, 0.2) is 11.5 Å². The number of ether oxygens (including phenoxy) is 2. The van der Waals surface area contributed by atoms with Crippen molar-refractivity contribution < 1.29 is 22.7 Å². The molecule has 0 saturated heterocycles. The zero-order chi connectivity index (χ0) is 23.0. The molecule has 1 fully saturated rings. The number of carbonyl (C=O) groups excluding carboxylic acids is 1. The Morgan fingerprint density at radius 3 is 2.25 bits per heavy atom. The van der Waals surface area contributed by atoms with Gasteiger partial charge in [-0.1, -0.05) is 31.0 Å². The lowest BCUT2D eigenvalue weighted by Gasteiger charge is -2.24. The molecule has 1 saturated carbocycles. The van der Waals surface area contributed by atoms with Gasteiger partial charge in [-0.15, -0.1) is 0 Å². The third-order valence-corrected chi connectivity index (χ3v) is 7.08. The van der Waals surface area contributed by atoms with Crippen LogP contribution in [0, 0.1) is 0 Å². The van der Waals surface area contributed by atoms with Crippen LogP contribution in [0.5, 0.6) is 11.5 Å². The minimum absolute atomic E-state index is 0.0812. The van der Waals surface area contributed by atoms with Crippen LogP contribution in [-0.2, 0) is 14.8 Å². The summed E-state index contributed by atoms with van der Waals surface area (Å²) in [6.07, 6.45) is 6.12. The Labute approximate surface area is 189 Å². The number of hydrogen-bond acceptors (Lipinski definition) is 6. The van der Waals surface area contributed by atoms with E-state index in [2.05, 4.69) is 10.5 Å². The van der Waals surface area contributed by atoms with Gasteiger partial charge in [-0.3, -0.25) is 9.10 Å². The predicted octanol–water partition coefficient (Wildman–Crippen LogP) is 3.73. The van der Waals surface area contributed by atoms with Crippen LogP contribution in [0.1, 0.15) is 38.5 Å². The van der Waals surface area contributed by atoms with E-state index in [0.29, 0.717) is 11.5 Å². The molecule has 2 aromatic carbocycles. The summed E-state index contributed by atoms with van der Waals surface area (Å²) in [6.45, 7) is -0.427. The van der Waals surface area contributed by atoms with E-state index in [9.17, 15) is 13.2 Å². The summed E-state index contributed by atoms with van der Waals surface area (Å²) in [4.78, 5) is 12.8. The van der Waals surface area contributed by atoms with E-state index in [1.807, 2.05) is 0 Å².